The number of aromatic amines is 1. The topological polar surface area (TPSA) is 61.0 Å². The lowest BCUT2D eigenvalue weighted by Crippen LogP contribution is -2.43. The summed E-state index contributed by atoms with van der Waals surface area (Å²) >= 11 is 0. The van der Waals surface area contributed by atoms with Crippen molar-refractivity contribution in [3.05, 3.63) is 17.2 Å². The van der Waals surface area contributed by atoms with Crippen molar-refractivity contribution in [3.8, 4) is 0 Å². The minimum atomic E-state index is 0.105. The van der Waals surface area contributed by atoms with Gasteiger partial charge in [-0.05, 0) is 45.7 Å². The molecule has 3 rings (SSSR count). The van der Waals surface area contributed by atoms with Crippen LogP contribution in [-0.4, -0.2) is 46.5 Å². The highest BCUT2D eigenvalue weighted by molar-refractivity contribution is 5.79. The molecule has 0 saturated carbocycles. The standard InChI is InChI=1S/C16H26N4O/c1-3-20-8-4-5-13(20)10-17-16(21)12-6-7-14-15(9-12)19-11(2)18-14/h12-13H,3-10H2,1-2H3,(H,17,21)(H,18,19). The van der Waals surface area contributed by atoms with E-state index in [9.17, 15) is 4.79 Å². The van der Waals surface area contributed by atoms with Crippen molar-refractivity contribution in [1.29, 1.82) is 0 Å². The van der Waals surface area contributed by atoms with E-state index in [1.807, 2.05) is 6.92 Å². The van der Waals surface area contributed by atoms with Crippen LogP contribution in [0.25, 0.3) is 0 Å². The molecule has 116 valence electrons. The molecule has 21 heavy (non-hydrogen) atoms. The molecule has 5 heteroatoms. The van der Waals surface area contributed by atoms with Crippen molar-refractivity contribution in [1.82, 2.24) is 20.2 Å². The summed E-state index contributed by atoms with van der Waals surface area (Å²) in [4.78, 5) is 22.6. The molecule has 2 N–H and O–H groups in total. The first-order chi connectivity index (χ1) is 10.2. The van der Waals surface area contributed by atoms with Gasteiger partial charge in [-0.3, -0.25) is 9.69 Å². The van der Waals surface area contributed by atoms with Gasteiger partial charge in [0.25, 0.3) is 0 Å². The lowest BCUT2D eigenvalue weighted by atomic mass is 9.89. The van der Waals surface area contributed by atoms with Crippen molar-refractivity contribution in [3.63, 3.8) is 0 Å². The van der Waals surface area contributed by atoms with Gasteiger partial charge in [-0.2, -0.15) is 0 Å². The number of nitrogens with zero attached hydrogens (tertiary/aromatic N) is 2. The smallest absolute Gasteiger partial charge is 0.223 e. The zero-order valence-electron chi connectivity index (χ0n) is 13.1. The van der Waals surface area contributed by atoms with Crippen molar-refractivity contribution in [2.75, 3.05) is 19.6 Å². The summed E-state index contributed by atoms with van der Waals surface area (Å²) in [6, 6.07) is 0.535. The Morgan fingerprint density at radius 3 is 3.14 bits per heavy atom. The molecule has 2 aliphatic rings. The molecule has 1 fully saturated rings. The van der Waals surface area contributed by atoms with Crippen LogP contribution >= 0.6 is 0 Å². The second-order valence-corrected chi connectivity index (χ2v) is 6.36. The quantitative estimate of drug-likeness (QED) is 0.882. The molecule has 5 nitrogen and oxygen atoms in total. The highest BCUT2D eigenvalue weighted by Gasteiger charge is 2.28. The number of aromatic nitrogens is 2. The molecule has 0 aromatic carbocycles. The van der Waals surface area contributed by atoms with E-state index in [-0.39, 0.29) is 11.8 Å². The highest BCUT2D eigenvalue weighted by Crippen LogP contribution is 2.24. The van der Waals surface area contributed by atoms with E-state index in [1.165, 1.54) is 19.4 Å². The fourth-order valence-electron chi connectivity index (χ4n) is 3.75. The predicted molar refractivity (Wildman–Crippen MR) is 82.1 cm³/mol. The lowest BCUT2D eigenvalue weighted by Gasteiger charge is -2.25. The average Bonchev–Trinajstić information content (AvgIpc) is 3.08. The average molecular weight is 290 g/mol. The number of fused-ring (bicyclic) bond motifs is 1. The monoisotopic (exact) mass is 290 g/mol. The zero-order valence-corrected chi connectivity index (χ0v) is 13.1. The second-order valence-electron chi connectivity index (χ2n) is 6.36. The Morgan fingerprint density at radius 2 is 2.33 bits per heavy atom. The second kappa shape index (κ2) is 6.18. The minimum Gasteiger partial charge on any atom is -0.354 e. The van der Waals surface area contributed by atoms with Crippen LogP contribution in [0.4, 0.5) is 0 Å². The maximum absolute atomic E-state index is 12.4. The molecule has 1 aliphatic carbocycles. The van der Waals surface area contributed by atoms with E-state index < -0.39 is 0 Å². The first-order valence-electron chi connectivity index (χ1n) is 8.23. The molecule has 0 bridgehead atoms. The molecule has 0 radical (unpaired) electrons. The van der Waals surface area contributed by atoms with Gasteiger partial charge in [-0.1, -0.05) is 6.92 Å². The molecule has 1 aliphatic heterocycles. The Labute approximate surface area is 126 Å². The number of likely N-dealkylation sites (N-methyl/N-ethyl adjacent to an activating group) is 1. The zero-order chi connectivity index (χ0) is 14.8. The summed E-state index contributed by atoms with van der Waals surface area (Å²) in [6.07, 6.45) is 5.12. The van der Waals surface area contributed by atoms with E-state index in [1.54, 1.807) is 0 Å². The van der Waals surface area contributed by atoms with E-state index in [4.69, 9.17) is 0 Å². The van der Waals surface area contributed by atoms with Gasteiger partial charge < -0.3 is 10.3 Å². The fourth-order valence-corrected chi connectivity index (χ4v) is 3.75. The number of hydrogen-bond donors (Lipinski definition) is 2. The third-order valence-electron chi connectivity index (χ3n) is 4.95. The first-order valence-corrected chi connectivity index (χ1v) is 8.23. The van der Waals surface area contributed by atoms with E-state index in [0.29, 0.717) is 6.04 Å². The van der Waals surface area contributed by atoms with Crippen LogP contribution in [-0.2, 0) is 17.6 Å². The molecule has 1 aromatic heterocycles. The summed E-state index contributed by atoms with van der Waals surface area (Å²) in [6.45, 7) is 7.24. The predicted octanol–water partition coefficient (Wildman–Crippen LogP) is 1.42. The molecule has 1 aromatic rings. The maximum Gasteiger partial charge on any atom is 0.223 e. The van der Waals surface area contributed by atoms with Gasteiger partial charge in [-0.15, -0.1) is 0 Å². The Balaban J connectivity index is 1.52. The van der Waals surface area contributed by atoms with Crippen LogP contribution in [0.5, 0.6) is 0 Å². The normalized spacial score (nSPS) is 25.8. The summed E-state index contributed by atoms with van der Waals surface area (Å²) < 4.78 is 0. The van der Waals surface area contributed by atoms with Gasteiger partial charge >= 0.3 is 0 Å². The van der Waals surface area contributed by atoms with Gasteiger partial charge in [0.2, 0.25) is 5.91 Å². The number of amides is 1. The maximum atomic E-state index is 12.4. The number of carbonyl (C=O) groups is 1. The van der Waals surface area contributed by atoms with Crippen molar-refractivity contribution in [2.24, 2.45) is 5.92 Å². The first kappa shape index (κ1) is 14.6. The molecular formula is C16H26N4O. The van der Waals surface area contributed by atoms with Crippen LogP contribution in [0, 0.1) is 12.8 Å². The van der Waals surface area contributed by atoms with Crippen LogP contribution in [0.1, 0.15) is 43.4 Å². The molecule has 1 amide bonds. The summed E-state index contributed by atoms with van der Waals surface area (Å²) in [5.74, 6) is 1.29. The molecule has 2 heterocycles. The summed E-state index contributed by atoms with van der Waals surface area (Å²) in [7, 11) is 0. The SMILES string of the molecule is CCN1CCCC1CNC(=O)C1CCc2nc(C)[nH]c2C1. The number of H-pyrrole nitrogens is 1. The van der Waals surface area contributed by atoms with Crippen LogP contribution in [0.15, 0.2) is 0 Å². The number of likely N-dealkylation sites (tertiary alicyclic amines) is 1. The lowest BCUT2D eigenvalue weighted by molar-refractivity contribution is -0.125. The van der Waals surface area contributed by atoms with E-state index in [2.05, 4.69) is 27.1 Å². The summed E-state index contributed by atoms with van der Waals surface area (Å²) in [5, 5.41) is 3.18. The van der Waals surface area contributed by atoms with Gasteiger partial charge in [0, 0.05) is 30.6 Å². The third-order valence-corrected chi connectivity index (χ3v) is 4.95. The van der Waals surface area contributed by atoms with Crippen molar-refractivity contribution < 1.29 is 4.79 Å². The van der Waals surface area contributed by atoms with Gasteiger partial charge in [0.15, 0.2) is 0 Å². The third kappa shape index (κ3) is 3.12. The van der Waals surface area contributed by atoms with E-state index >= 15 is 0 Å². The minimum absolute atomic E-state index is 0.105. The fraction of sp³-hybridized carbons (Fsp3) is 0.750. The number of aryl methyl sites for hydroxylation is 2. The number of imidazole rings is 1. The number of hydrogen-bond acceptors (Lipinski definition) is 3. The van der Waals surface area contributed by atoms with Gasteiger partial charge in [-0.25, -0.2) is 4.98 Å². The summed E-state index contributed by atoms with van der Waals surface area (Å²) in [5.41, 5.74) is 2.32. The van der Waals surface area contributed by atoms with Gasteiger partial charge in [0.05, 0.1) is 5.69 Å². The number of rotatable bonds is 4. The van der Waals surface area contributed by atoms with Crippen molar-refractivity contribution in [2.45, 2.75) is 52.0 Å². The van der Waals surface area contributed by atoms with Gasteiger partial charge in [0.1, 0.15) is 5.82 Å². The van der Waals surface area contributed by atoms with Crippen LogP contribution in [0.2, 0.25) is 0 Å². The highest BCUT2D eigenvalue weighted by atomic mass is 16.1. The van der Waals surface area contributed by atoms with Crippen molar-refractivity contribution >= 4 is 5.91 Å². The Bertz CT molecular complexity index is 510. The Hall–Kier alpha value is -1.36. The molecule has 2 unspecified atom stereocenters. The number of nitrogens with one attached hydrogen (secondary N) is 2. The number of carbonyl (C=O) groups excluding carboxylic acids is 1. The molecule has 2 atom stereocenters. The molecule has 1 saturated heterocycles. The molecule has 0 spiro atoms. The Morgan fingerprint density at radius 1 is 1.48 bits per heavy atom. The largest absolute Gasteiger partial charge is 0.354 e. The molecular weight excluding hydrogens is 264 g/mol. The Kier molecular flexibility index (Phi) is 4.29. The van der Waals surface area contributed by atoms with E-state index in [0.717, 1.165) is 49.6 Å². The van der Waals surface area contributed by atoms with Crippen LogP contribution in [0.3, 0.4) is 0 Å². The van der Waals surface area contributed by atoms with Crippen LogP contribution < -0.4 is 5.32 Å².